The minimum absolute atomic E-state index is 0.0305. The molecule has 1 aromatic rings. The van der Waals surface area contributed by atoms with Gasteiger partial charge in [0.1, 0.15) is 5.82 Å². The summed E-state index contributed by atoms with van der Waals surface area (Å²) < 4.78 is 46.0. The molecule has 2 atom stereocenters. The second kappa shape index (κ2) is 5.55. The van der Waals surface area contributed by atoms with E-state index < -0.39 is 15.8 Å². The van der Waals surface area contributed by atoms with Crippen molar-refractivity contribution in [3.63, 3.8) is 0 Å². The summed E-state index contributed by atoms with van der Waals surface area (Å²) in [5.41, 5.74) is 4.96. The molecular weight excluding hydrogens is 295 g/mol. The van der Waals surface area contributed by atoms with Crippen LogP contribution in [0.2, 0.25) is 0 Å². The highest BCUT2D eigenvalue weighted by Crippen LogP contribution is 2.43. The van der Waals surface area contributed by atoms with Crippen LogP contribution in [-0.4, -0.2) is 27.2 Å². The van der Waals surface area contributed by atoms with Gasteiger partial charge in [0.2, 0.25) is 10.0 Å². The summed E-state index contributed by atoms with van der Waals surface area (Å²) in [6, 6.07) is 3.17. The van der Waals surface area contributed by atoms with E-state index >= 15 is 0 Å². The Balaban J connectivity index is 2.14. The number of nitrogens with two attached hydrogens (primary N) is 1. The largest absolute Gasteiger partial charge is 0.396 e. The van der Waals surface area contributed by atoms with Crippen molar-refractivity contribution in [2.75, 3.05) is 12.3 Å². The van der Waals surface area contributed by atoms with E-state index in [0.717, 1.165) is 12.1 Å². The Kier molecular flexibility index (Phi) is 4.28. The fraction of sp³-hybridized carbons (Fsp3) is 0.571. The fourth-order valence-electron chi connectivity index (χ4n) is 2.51. The lowest BCUT2D eigenvalue weighted by molar-refractivity contribution is -0.108. The van der Waals surface area contributed by atoms with E-state index in [1.165, 1.54) is 6.07 Å². The molecule has 1 aliphatic carbocycles. The second-order valence-electron chi connectivity index (χ2n) is 5.86. The van der Waals surface area contributed by atoms with Gasteiger partial charge in [-0.25, -0.2) is 17.5 Å². The van der Waals surface area contributed by atoms with E-state index in [1.807, 2.05) is 20.8 Å². The Morgan fingerprint density at radius 2 is 2.14 bits per heavy atom. The molecule has 1 aromatic carbocycles. The van der Waals surface area contributed by atoms with E-state index in [4.69, 9.17) is 10.5 Å². The first-order chi connectivity index (χ1) is 9.68. The number of sulfonamides is 1. The summed E-state index contributed by atoms with van der Waals surface area (Å²) in [6.07, 6.45) is 0.657. The van der Waals surface area contributed by atoms with Gasteiger partial charge in [-0.05, 0) is 31.5 Å². The predicted molar refractivity (Wildman–Crippen MR) is 78.7 cm³/mol. The van der Waals surface area contributed by atoms with Crippen molar-refractivity contribution in [1.29, 1.82) is 0 Å². The Labute approximate surface area is 124 Å². The minimum Gasteiger partial charge on any atom is -0.396 e. The summed E-state index contributed by atoms with van der Waals surface area (Å²) in [6.45, 7) is 6.43. The number of halogens is 1. The Morgan fingerprint density at radius 3 is 2.67 bits per heavy atom. The molecule has 2 rings (SSSR count). The summed E-state index contributed by atoms with van der Waals surface area (Å²) >= 11 is 0. The van der Waals surface area contributed by atoms with Crippen molar-refractivity contribution in [2.24, 2.45) is 5.41 Å². The van der Waals surface area contributed by atoms with Gasteiger partial charge < -0.3 is 10.5 Å². The van der Waals surface area contributed by atoms with Crippen LogP contribution in [0.3, 0.4) is 0 Å². The number of hydrogen-bond donors (Lipinski definition) is 2. The van der Waals surface area contributed by atoms with Crippen LogP contribution >= 0.6 is 0 Å². The minimum atomic E-state index is -3.72. The topological polar surface area (TPSA) is 81.4 Å². The molecule has 5 nitrogen and oxygen atoms in total. The lowest BCUT2D eigenvalue weighted by Crippen LogP contribution is -2.61. The highest BCUT2D eigenvalue weighted by molar-refractivity contribution is 7.89. The summed E-state index contributed by atoms with van der Waals surface area (Å²) in [5.74, 6) is -0.630. The van der Waals surface area contributed by atoms with Gasteiger partial charge in [0.15, 0.2) is 0 Å². The second-order valence-corrected chi connectivity index (χ2v) is 7.57. The first-order valence-electron chi connectivity index (χ1n) is 6.87. The van der Waals surface area contributed by atoms with E-state index in [9.17, 15) is 12.8 Å². The third-order valence-electron chi connectivity index (χ3n) is 4.12. The third kappa shape index (κ3) is 3.04. The van der Waals surface area contributed by atoms with Gasteiger partial charge in [-0.2, -0.15) is 0 Å². The average molecular weight is 316 g/mol. The van der Waals surface area contributed by atoms with Crippen LogP contribution in [0, 0.1) is 11.2 Å². The van der Waals surface area contributed by atoms with Crippen molar-refractivity contribution in [1.82, 2.24) is 4.72 Å². The average Bonchev–Trinajstić information content (AvgIpc) is 2.40. The van der Waals surface area contributed by atoms with Crippen LogP contribution in [0.5, 0.6) is 0 Å². The molecule has 2 unspecified atom stereocenters. The van der Waals surface area contributed by atoms with E-state index in [0.29, 0.717) is 13.0 Å². The number of rotatable bonds is 5. The van der Waals surface area contributed by atoms with Crippen molar-refractivity contribution in [2.45, 2.75) is 44.2 Å². The molecule has 0 aromatic heterocycles. The molecule has 1 aliphatic rings. The SMILES string of the molecule is CCOC1CC(NS(=O)(=O)c2ccc(F)c(N)c2)C1(C)C. The molecule has 21 heavy (non-hydrogen) atoms. The lowest BCUT2D eigenvalue weighted by atomic mass is 9.65. The maximum Gasteiger partial charge on any atom is 0.240 e. The van der Waals surface area contributed by atoms with Crippen molar-refractivity contribution in [3.8, 4) is 0 Å². The van der Waals surface area contributed by atoms with Gasteiger partial charge >= 0.3 is 0 Å². The number of hydrogen-bond acceptors (Lipinski definition) is 4. The maximum atomic E-state index is 13.1. The molecule has 7 heteroatoms. The quantitative estimate of drug-likeness (QED) is 0.813. The Hall–Kier alpha value is -1.18. The highest BCUT2D eigenvalue weighted by atomic mass is 32.2. The summed E-state index contributed by atoms with van der Waals surface area (Å²) in [4.78, 5) is -0.0305. The Morgan fingerprint density at radius 1 is 1.48 bits per heavy atom. The van der Waals surface area contributed by atoms with Crippen LogP contribution in [0.15, 0.2) is 23.1 Å². The number of ether oxygens (including phenoxy) is 1. The van der Waals surface area contributed by atoms with Gasteiger partial charge in [-0.3, -0.25) is 0 Å². The zero-order valence-electron chi connectivity index (χ0n) is 12.4. The van der Waals surface area contributed by atoms with E-state index in [-0.39, 0.29) is 28.1 Å². The molecule has 0 spiro atoms. The van der Waals surface area contributed by atoms with Crippen LogP contribution < -0.4 is 10.5 Å². The molecular formula is C14H21FN2O3S. The zero-order chi connectivity index (χ0) is 15.8. The molecule has 3 N–H and O–H groups in total. The molecule has 118 valence electrons. The molecule has 0 radical (unpaired) electrons. The Bertz CT molecular complexity index is 631. The van der Waals surface area contributed by atoms with Gasteiger partial charge in [-0.1, -0.05) is 13.8 Å². The van der Waals surface area contributed by atoms with Gasteiger partial charge in [-0.15, -0.1) is 0 Å². The van der Waals surface area contributed by atoms with Crippen molar-refractivity contribution in [3.05, 3.63) is 24.0 Å². The standard InChI is InChI=1S/C14H21FN2O3S/c1-4-20-13-8-12(14(13,2)3)17-21(18,19)9-5-6-10(15)11(16)7-9/h5-7,12-13,17H,4,8,16H2,1-3H3. The van der Waals surface area contributed by atoms with Crippen molar-refractivity contribution >= 4 is 15.7 Å². The van der Waals surface area contributed by atoms with Crippen LogP contribution in [0.4, 0.5) is 10.1 Å². The molecule has 0 amide bonds. The predicted octanol–water partition coefficient (Wildman–Crippen LogP) is 1.89. The molecule has 0 heterocycles. The van der Waals surface area contributed by atoms with Gasteiger partial charge in [0, 0.05) is 18.1 Å². The molecule has 1 fully saturated rings. The highest BCUT2D eigenvalue weighted by Gasteiger charge is 2.50. The van der Waals surface area contributed by atoms with Crippen LogP contribution in [-0.2, 0) is 14.8 Å². The van der Waals surface area contributed by atoms with Gasteiger partial charge in [0.25, 0.3) is 0 Å². The normalized spacial score (nSPS) is 24.6. The zero-order valence-corrected chi connectivity index (χ0v) is 13.2. The third-order valence-corrected chi connectivity index (χ3v) is 5.59. The summed E-state index contributed by atoms with van der Waals surface area (Å²) in [5, 5.41) is 0. The molecule has 0 saturated heterocycles. The first kappa shape index (κ1) is 16.2. The lowest BCUT2D eigenvalue weighted by Gasteiger charge is -2.51. The van der Waals surface area contributed by atoms with E-state index in [1.54, 1.807) is 0 Å². The first-order valence-corrected chi connectivity index (χ1v) is 8.35. The van der Waals surface area contributed by atoms with E-state index in [2.05, 4.69) is 4.72 Å². The van der Waals surface area contributed by atoms with Crippen LogP contribution in [0.1, 0.15) is 27.2 Å². The smallest absolute Gasteiger partial charge is 0.240 e. The monoisotopic (exact) mass is 316 g/mol. The number of anilines is 1. The molecule has 1 saturated carbocycles. The number of nitrogen functional groups attached to an aromatic ring is 1. The molecule has 0 bridgehead atoms. The summed E-state index contributed by atoms with van der Waals surface area (Å²) in [7, 11) is -3.72. The number of benzene rings is 1. The fourth-order valence-corrected chi connectivity index (χ4v) is 3.95. The van der Waals surface area contributed by atoms with Crippen LogP contribution in [0.25, 0.3) is 0 Å². The maximum absolute atomic E-state index is 13.1. The molecule has 0 aliphatic heterocycles. The van der Waals surface area contributed by atoms with Crippen molar-refractivity contribution < 1.29 is 17.5 Å². The van der Waals surface area contributed by atoms with Gasteiger partial charge in [0.05, 0.1) is 16.7 Å². The number of nitrogens with one attached hydrogen (secondary N) is 1.